The Morgan fingerprint density at radius 1 is 1.00 bits per heavy atom. The molecule has 1 aliphatic carbocycles. The molecule has 1 atom stereocenters. The number of likely N-dealkylation sites (N-methyl/N-ethyl adjacent to an activating group) is 1. The third-order valence-corrected chi connectivity index (χ3v) is 8.32. The molecule has 16 heteroatoms. The zero-order chi connectivity index (χ0) is 32.8. The summed E-state index contributed by atoms with van der Waals surface area (Å²) < 4.78 is 25.4. The molecule has 5 heterocycles. The molecule has 252 valence electrons. The zero-order valence-electron chi connectivity index (χ0n) is 27.0. The Balaban J connectivity index is 1.12. The highest BCUT2D eigenvalue weighted by Gasteiger charge is 2.25. The van der Waals surface area contributed by atoms with Gasteiger partial charge in [0.2, 0.25) is 11.8 Å². The first-order valence-corrected chi connectivity index (χ1v) is 15.9. The van der Waals surface area contributed by atoms with E-state index in [9.17, 15) is 10.4 Å². The van der Waals surface area contributed by atoms with E-state index < -0.39 is 5.23 Å². The first kappa shape index (κ1) is 32.6. The summed E-state index contributed by atoms with van der Waals surface area (Å²) in [6.45, 7) is 4.29. The van der Waals surface area contributed by atoms with Gasteiger partial charge in [0.05, 0.1) is 54.6 Å². The average Bonchev–Trinajstić information content (AvgIpc) is 3.46. The number of anilines is 2. The molecule has 0 radical (unpaired) electrons. The lowest BCUT2D eigenvalue weighted by Gasteiger charge is -2.31. The second-order valence-corrected chi connectivity index (χ2v) is 12.0. The van der Waals surface area contributed by atoms with E-state index in [0.29, 0.717) is 48.8 Å². The highest BCUT2D eigenvalue weighted by Crippen LogP contribution is 2.33. The summed E-state index contributed by atoms with van der Waals surface area (Å²) in [6, 6.07) is 4.08. The van der Waals surface area contributed by atoms with Gasteiger partial charge >= 0.3 is 5.95 Å². The summed E-state index contributed by atoms with van der Waals surface area (Å²) in [6.07, 6.45) is 10.0. The van der Waals surface area contributed by atoms with E-state index in [0.717, 1.165) is 62.0 Å². The highest BCUT2D eigenvalue weighted by molar-refractivity contribution is 5.87. The molecule has 4 aromatic heterocycles. The Morgan fingerprint density at radius 3 is 2.45 bits per heavy atom. The van der Waals surface area contributed by atoms with E-state index in [1.54, 1.807) is 25.6 Å². The Hall–Kier alpha value is -4.35. The molecule has 0 amide bonds. The summed E-state index contributed by atoms with van der Waals surface area (Å²) >= 11 is 0. The third-order valence-electron chi connectivity index (χ3n) is 8.32. The molecule has 6 rings (SSSR count). The van der Waals surface area contributed by atoms with Crippen LogP contribution in [-0.4, -0.2) is 105 Å². The molecular formula is C31H42N10O6. The van der Waals surface area contributed by atoms with E-state index in [1.807, 2.05) is 26.2 Å². The maximum absolute atomic E-state index is 11.4. The molecule has 16 nitrogen and oxygen atoms in total. The van der Waals surface area contributed by atoms with Crippen molar-refractivity contribution in [1.29, 1.82) is 0 Å². The van der Waals surface area contributed by atoms with Crippen molar-refractivity contribution in [3.8, 4) is 17.4 Å². The number of nitrogens with zero attached hydrogens (tertiary/aromatic N) is 8. The number of quaternary nitrogens is 1. The molecule has 2 fully saturated rings. The standard InChI is InChI=1S/C31H42N10O6/c1-38(2)8-13-45-25-18-33-30(34-19-25)36-21-4-6-23(7-5-21)47-29-26-14-24(46-20-22-16-35-31(39(22)3)41(42)43)17-32-27(26)15-28(37-29)40-9-11-44-12-10-40/h14-19,21,23,41-42H,4-13,20H2,1-3H3,(H,33,34,36). The van der Waals surface area contributed by atoms with Crippen LogP contribution < -0.4 is 29.7 Å². The molecule has 3 N–H and O–H groups in total. The van der Waals surface area contributed by atoms with Gasteiger partial charge in [-0.25, -0.2) is 15.2 Å². The second-order valence-electron chi connectivity index (χ2n) is 12.0. The van der Waals surface area contributed by atoms with Crippen LogP contribution in [0.15, 0.2) is 36.9 Å². The Morgan fingerprint density at radius 2 is 1.74 bits per heavy atom. The van der Waals surface area contributed by atoms with E-state index in [2.05, 4.69) is 30.1 Å². The smallest absolute Gasteiger partial charge is 0.341 e. The van der Waals surface area contributed by atoms with E-state index in [-0.39, 0.29) is 24.7 Å². The molecule has 0 bridgehead atoms. The van der Waals surface area contributed by atoms with Gasteiger partial charge in [0.1, 0.15) is 30.9 Å². The highest BCUT2D eigenvalue weighted by atomic mass is 16.8. The lowest BCUT2D eigenvalue weighted by atomic mass is 9.93. The number of ether oxygens (including phenoxy) is 4. The minimum atomic E-state index is -1.09. The van der Waals surface area contributed by atoms with Gasteiger partial charge in [-0.1, -0.05) is 0 Å². The lowest BCUT2D eigenvalue weighted by Crippen LogP contribution is -3.00. The van der Waals surface area contributed by atoms with E-state index in [1.165, 1.54) is 10.8 Å². The molecule has 1 saturated carbocycles. The number of morpholine rings is 1. The van der Waals surface area contributed by atoms with Crippen LogP contribution in [0.25, 0.3) is 10.9 Å². The van der Waals surface area contributed by atoms with Gasteiger partial charge in [-0.15, -0.1) is 0 Å². The van der Waals surface area contributed by atoms with E-state index in [4.69, 9.17) is 28.9 Å². The van der Waals surface area contributed by atoms with Crippen LogP contribution in [0.5, 0.6) is 17.4 Å². The van der Waals surface area contributed by atoms with Crippen LogP contribution in [0.1, 0.15) is 31.4 Å². The molecule has 2 aliphatic rings. The summed E-state index contributed by atoms with van der Waals surface area (Å²) in [5.41, 5.74) is 1.37. The quantitative estimate of drug-likeness (QED) is 0.179. The van der Waals surface area contributed by atoms with Crippen LogP contribution in [0.2, 0.25) is 0 Å². The maximum Gasteiger partial charge on any atom is 0.341 e. The SMILES string of the molecule is CN(C)CCOc1cnc(NC2CCC(Oc3nc(N4CCOCC4)cc4ncc(OCc5cnc([NH+]([O-])O)n5C)cc34)CC2)nc1. The zero-order valence-corrected chi connectivity index (χ0v) is 27.0. The largest absolute Gasteiger partial charge is 0.592 e. The molecule has 0 aromatic carbocycles. The average molecular weight is 651 g/mol. The van der Waals surface area contributed by atoms with Gasteiger partial charge in [-0.2, -0.15) is 15.2 Å². The maximum atomic E-state index is 11.4. The fourth-order valence-electron chi connectivity index (χ4n) is 5.60. The first-order chi connectivity index (χ1) is 22.8. The minimum absolute atomic E-state index is 0.0227. The lowest BCUT2D eigenvalue weighted by molar-refractivity contribution is -0.995. The van der Waals surface area contributed by atoms with Gasteiger partial charge in [-0.05, 0) is 45.8 Å². The number of pyridine rings is 2. The summed E-state index contributed by atoms with van der Waals surface area (Å²) in [7, 11) is 5.65. The number of hydrogen-bond acceptors (Lipinski definition) is 14. The van der Waals surface area contributed by atoms with Gasteiger partial charge in [-0.3, -0.25) is 9.55 Å². The van der Waals surface area contributed by atoms with Crippen molar-refractivity contribution >= 4 is 28.6 Å². The van der Waals surface area contributed by atoms with Crippen molar-refractivity contribution in [3.05, 3.63) is 47.8 Å². The second kappa shape index (κ2) is 15.0. The summed E-state index contributed by atoms with van der Waals surface area (Å²) in [5.74, 6) is 3.02. The molecule has 0 spiro atoms. The predicted octanol–water partition coefficient (Wildman–Crippen LogP) is 1.71. The number of rotatable bonds is 13. The van der Waals surface area contributed by atoms with Crippen molar-refractivity contribution in [2.45, 2.75) is 44.4 Å². The van der Waals surface area contributed by atoms with Crippen molar-refractivity contribution < 1.29 is 29.4 Å². The third kappa shape index (κ3) is 8.33. The normalized spacial score (nSPS) is 19.1. The van der Waals surface area contributed by atoms with Crippen molar-refractivity contribution in [2.75, 3.05) is 63.8 Å². The molecule has 4 aromatic rings. The Labute approximate surface area is 272 Å². The fraction of sp³-hybridized carbons (Fsp3) is 0.516. The summed E-state index contributed by atoms with van der Waals surface area (Å²) in [5, 5.41) is 23.8. The molecule has 47 heavy (non-hydrogen) atoms. The van der Waals surface area contributed by atoms with Crippen molar-refractivity contribution in [1.82, 2.24) is 34.4 Å². The first-order valence-electron chi connectivity index (χ1n) is 15.9. The Kier molecular flexibility index (Phi) is 10.4. The number of fused-ring (bicyclic) bond motifs is 1. The topological polar surface area (TPSA) is 173 Å². The Bertz CT molecular complexity index is 1600. The number of aromatic nitrogens is 6. The van der Waals surface area contributed by atoms with Crippen molar-refractivity contribution in [3.63, 3.8) is 0 Å². The van der Waals surface area contributed by atoms with Crippen molar-refractivity contribution in [2.24, 2.45) is 7.05 Å². The predicted molar refractivity (Wildman–Crippen MR) is 172 cm³/mol. The summed E-state index contributed by atoms with van der Waals surface area (Å²) in [4.78, 5) is 26.7. The molecular weight excluding hydrogens is 608 g/mol. The van der Waals surface area contributed by atoms with Crippen LogP contribution >= 0.6 is 0 Å². The minimum Gasteiger partial charge on any atom is -0.592 e. The fourth-order valence-corrected chi connectivity index (χ4v) is 5.60. The number of hydrogen-bond donors (Lipinski definition) is 3. The van der Waals surface area contributed by atoms with Gasteiger partial charge in [0.15, 0.2) is 5.75 Å². The molecule has 1 unspecified atom stereocenters. The van der Waals surface area contributed by atoms with Crippen LogP contribution in [0, 0.1) is 5.21 Å². The van der Waals surface area contributed by atoms with Gasteiger partial charge in [0, 0.05) is 38.8 Å². The number of nitrogens with one attached hydrogen (secondary N) is 2. The number of imidazole rings is 1. The van der Waals surface area contributed by atoms with Crippen LogP contribution in [-0.2, 0) is 18.4 Å². The monoisotopic (exact) mass is 650 g/mol. The van der Waals surface area contributed by atoms with Gasteiger partial charge < -0.3 is 39.3 Å². The van der Waals surface area contributed by atoms with Crippen LogP contribution in [0.4, 0.5) is 17.7 Å². The van der Waals surface area contributed by atoms with Gasteiger partial charge in [0.25, 0.3) is 0 Å². The molecule has 1 saturated heterocycles. The molecule has 1 aliphatic heterocycles. The van der Waals surface area contributed by atoms with E-state index >= 15 is 0 Å². The van der Waals surface area contributed by atoms with Crippen LogP contribution in [0.3, 0.4) is 0 Å².